The SMILES string of the molecule is Cc1cnc(NC(=O)NCCCCCCC(=O)O)s1. The van der Waals surface area contributed by atoms with Crippen LogP contribution in [0, 0.1) is 6.92 Å². The Bertz CT molecular complexity index is 420. The zero-order valence-electron chi connectivity index (χ0n) is 10.9. The fraction of sp³-hybridized carbons (Fsp3) is 0.583. The lowest BCUT2D eigenvalue weighted by molar-refractivity contribution is -0.137. The molecule has 1 rings (SSSR count). The largest absolute Gasteiger partial charge is 0.481 e. The molecule has 0 aliphatic carbocycles. The van der Waals surface area contributed by atoms with Crippen LogP contribution in [0.1, 0.15) is 37.0 Å². The Morgan fingerprint density at radius 3 is 2.68 bits per heavy atom. The highest BCUT2D eigenvalue weighted by molar-refractivity contribution is 7.15. The van der Waals surface area contributed by atoms with Crippen LogP contribution in [0.15, 0.2) is 6.20 Å². The van der Waals surface area contributed by atoms with E-state index in [1.54, 1.807) is 6.20 Å². The predicted molar refractivity (Wildman–Crippen MR) is 74.6 cm³/mol. The molecule has 0 aliphatic heterocycles. The van der Waals surface area contributed by atoms with Gasteiger partial charge in [0, 0.05) is 24.0 Å². The Morgan fingerprint density at radius 2 is 2.05 bits per heavy atom. The van der Waals surface area contributed by atoms with Crippen LogP contribution in [-0.2, 0) is 4.79 Å². The molecule has 0 bridgehead atoms. The van der Waals surface area contributed by atoms with Crippen molar-refractivity contribution in [2.75, 3.05) is 11.9 Å². The molecule has 0 fully saturated rings. The summed E-state index contributed by atoms with van der Waals surface area (Å²) in [7, 11) is 0. The summed E-state index contributed by atoms with van der Waals surface area (Å²) in [5.41, 5.74) is 0. The van der Waals surface area contributed by atoms with Gasteiger partial charge >= 0.3 is 12.0 Å². The van der Waals surface area contributed by atoms with Crippen molar-refractivity contribution < 1.29 is 14.7 Å². The van der Waals surface area contributed by atoms with Crippen molar-refractivity contribution in [3.63, 3.8) is 0 Å². The van der Waals surface area contributed by atoms with Crippen LogP contribution in [0.25, 0.3) is 0 Å². The molecule has 6 nitrogen and oxygen atoms in total. The van der Waals surface area contributed by atoms with Gasteiger partial charge in [-0.2, -0.15) is 0 Å². The number of aliphatic carboxylic acids is 1. The molecule has 1 aromatic rings. The number of nitrogens with zero attached hydrogens (tertiary/aromatic N) is 1. The van der Waals surface area contributed by atoms with E-state index in [0.29, 0.717) is 18.1 Å². The van der Waals surface area contributed by atoms with E-state index in [0.717, 1.165) is 24.1 Å². The van der Waals surface area contributed by atoms with E-state index in [1.165, 1.54) is 11.3 Å². The number of aromatic nitrogens is 1. The number of urea groups is 1. The number of carbonyl (C=O) groups is 2. The van der Waals surface area contributed by atoms with Crippen molar-refractivity contribution in [1.82, 2.24) is 10.3 Å². The quantitative estimate of drug-likeness (QED) is 0.640. The molecular formula is C12H19N3O3S. The molecule has 0 aromatic carbocycles. The van der Waals surface area contributed by atoms with Gasteiger partial charge in [0.1, 0.15) is 0 Å². The Balaban J connectivity index is 2.00. The highest BCUT2D eigenvalue weighted by Gasteiger charge is 2.03. The molecule has 1 heterocycles. The van der Waals surface area contributed by atoms with Crippen LogP contribution >= 0.6 is 11.3 Å². The summed E-state index contributed by atoms with van der Waals surface area (Å²) < 4.78 is 0. The number of anilines is 1. The summed E-state index contributed by atoms with van der Waals surface area (Å²) in [5.74, 6) is -0.753. The van der Waals surface area contributed by atoms with E-state index in [2.05, 4.69) is 15.6 Å². The molecular weight excluding hydrogens is 266 g/mol. The minimum Gasteiger partial charge on any atom is -0.481 e. The molecule has 0 saturated carbocycles. The van der Waals surface area contributed by atoms with Gasteiger partial charge in [0.2, 0.25) is 0 Å². The number of thiazole rings is 1. The number of aryl methyl sites for hydroxylation is 1. The number of nitrogens with one attached hydrogen (secondary N) is 2. The van der Waals surface area contributed by atoms with Crippen molar-refractivity contribution in [2.45, 2.75) is 39.0 Å². The number of carboxylic acid groups (broad SMARTS) is 1. The first-order valence-corrected chi connectivity index (χ1v) is 7.08. The molecule has 106 valence electrons. The fourth-order valence-corrected chi connectivity index (χ4v) is 2.17. The van der Waals surface area contributed by atoms with Crippen LogP contribution in [0.5, 0.6) is 0 Å². The number of amides is 2. The van der Waals surface area contributed by atoms with E-state index in [4.69, 9.17) is 5.11 Å². The van der Waals surface area contributed by atoms with Gasteiger partial charge in [0.25, 0.3) is 0 Å². The van der Waals surface area contributed by atoms with E-state index in [-0.39, 0.29) is 12.5 Å². The van der Waals surface area contributed by atoms with Crippen molar-refractivity contribution in [3.8, 4) is 0 Å². The Morgan fingerprint density at radius 1 is 1.32 bits per heavy atom. The normalized spacial score (nSPS) is 10.2. The van der Waals surface area contributed by atoms with E-state index in [1.807, 2.05) is 6.92 Å². The van der Waals surface area contributed by atoms with Gasteiger partial charge in [0.05, 0.1) is 0 Å². The van der Waals surface area contributed by atoms with Crippen molar-refractivity contribution >= 4 is 28.5 Å². The van der Waals surface area contributed by atoms with Crippen molar-refractivity contribution in [1.29, 1.82) is 0 Å². The number of hydrogen-bond acceptors (Lipinski definition) is 4. The van der Waals surface area contributed by atoms with Gasteiger partial charge in [-0.25, -0.2) is 9.78 Å². The van der Waals surface area contributed by atoms with E-state index < -0.39 is 5.97 Å². The third-order valence-corrected chi connectivity index (χ3v) is 3.27. The molecule has 0 atom stereocenters. The number of carbonyl (C=O) groups excluding carboxylic acids is 1. The first-order chi connectivity index (χ1) is 9.08. The van der Waals surface area contributed by atoms with Gasteiger partial charge in [-0.3, -0.25) is 10.1 Å². The second kappa shape index (κ2) is 8.47. The fourth-order valence-electron chi connectivity index (χ4n) is 1.51. The lowest BCUT2D eigenvalue weighted by atomic mass is 10.1. The maximum atomic E-state index is 11.5. The van der Waals surface area contributed by atoms with E-state index in [9.17, 15) is 9.59 Å². The first kappa shape index (κ1) is 15.4. The third-order valence-electron chi connectivity index (χ3n) is 2.44. The molecule has 0 unspecified atom stereocenters. The van der Waals surface area contributed by atoms with Crippen LogP contribution < -0.4 is 10.6 Å². The molecule has 2 amide bonds. The number of carboxylic acids is 1. The van der Waals surface area contributed by atoms with Gasteiger partial charge in [-0.15, -0.1) is 11.3 Å². The van der Waals surface area contributed by atoms with E-state index >= 15 is 0 Å². The van der Waals surface area contributed by atoms with Crippen LogP contribution in [0.4, 0.5) is 9.93 Å². The van der Waals surface area contributed by atoms with Crippen molar-refractivity contribution in [2.24, 2.45) is 0 Å². The lowest BCUT2D eigenvalue weighted by Crippen LogP contribution is -2.29. The molecule has 7 heteroatoms. The summed E-state index contributed by atoms with van der Waals surface area (Å²) in [5, 5.41) is 14.5. The average molecular weight is 285 g/mol. The zero-order chi connectivity index (χ0) is 14.1. The molecule has 0 spiro atoms. The molecule has 1 aromatic heterocycles. The zero-order valence-corrected chi connectivity index (χ0v) is 11.8. The predicted octanol–water partition coefficient (Wildman–Crippen LogP) is 2.61. The van der Waals surface area contributed by atoms with Gasteiger partial charge < -0.3 is 10.4 Å². The first-order valence-electron chi connectivity index (χ1n) is 6.27. The highest BCUT2D eigenvalue weighted by Crippen LogP contribution is 2.15. The minimum absolute atomic E-state index is 0.220. The van der Waals surface area contributed by atoms with Gasteiger partial charge in [0.15, 0.2) is 5.13 Å². The minimum atomic E-state index is -0.753. The van der Waals surface area contributed by atoms with Gasteiger partial charge in [-0.05, 0) is 19.8 Å². The van der Waals surface area contributed by atoms with Crippen LogP contribution in [0.3, 0.4) is 0 Å². The smallest absolute Gasteiger partial charge is 0.321 e. The molecule has 0 saturated heterocycles. The second-order valence-corrected chi connectivity index (χ2v) is 5.45. The monoisotopic (exact) mass is 285 g/mol. The third kappa shape index (κ3) is 7.40. The maximum absolute atomic E-state index is 11.5. The van der Waals surface area contributed by atoms with Crippen molar-refractivity contribution in [3.05, 3.63) is 11.1 Å². The highest BCUT2D eigenvalue weighted by atomic mass is 32.1. The molecule has 0 aliphatic rings. The molecule has 3 N–H and O–H groups in total. The van der Waals surface area contributed by atoms with Crippen LogP contribution in [-0.4, -0.2) is 28.6 Å². The van der Waals surface area contributed by atoms with Gasteiger partial charge in [-0.1, -0.05) is 12.8 Å². The van der Waals surface area contributed by atoms with Crippen LogP contribution in [0.2, 0.25) is 0 Å². The Kier molecular flexibility index (Phi) is 6.88. The topological polar surface area (TPSA) is 91.3 Å². The summed E-state index contributed by atoms with van der Waals surface area (Å²) in [6.07, 6.45) is 5.27. The second-order valence-electron chi connectivity index (χ2n) is 4.21. The number of hydrogen-bond donors (Lipinski definition) is 3. The Hall–Kier alpha value is -1.63. The summed E-state index contributed by atoms with van der Waals surface area (Å²) in [4.78, 5) is 26.8. The summed E-state index contributed by atoms with van der Waals surface area (Å²) in [6, 6.07) is -0.250. The maximum Gasteiger partial charge on any atom is 0.321 e. The number of unbranched alkanes of at least 4 members (excludes halogenated alkanes) is 3. The number of rotatable bonds is 8. The average Bonchev–Trinajstić information content (AvgIpc) is 2.73. The molecule has 0 radical (unpaired) electrons. The molecule has 19 heavy (non-hydrogen) atoms. The summed E-state index contributed by atoms with van der Waals surface area (Å²) in [6.45, 7) is 2.52. The lowest BCUT2D eigenvalue weighted by Gasteiger charge is -2.05. The Labute approximate surface area is 116 Å². The standard InChI is InChI=1S/C12H19N3O3S/c1-9-8-14-12(19-9)15-11(18)13-7-5-3-2-4-6-10(16)17/h8H,2-7H2,1H3,(H,16,17)(H2,13,14,15,18). The summed E-state index contributed by atoms with van der Waals surface area (Å²) >= 11 is 1.43.